The fourth-order valence-electron chi connectivity index (χ4n) is 3.83. The van der Waals surface area contributed by atoms with Gasteiger partial charge in [0, 0.05) is 32.4 Å². The van der Waals surface area contributed by atoms with E-state index in [-0.39, 0.29) is 18.4 Å². The summed E-state index contributed by atoms with van der Waals surface area (Å²) < 4.78 is 5.32. The lowest BCUT2D eigenvalue weighted by Crippen LogP contribution is -2.40. The molecular weight excluding hydrogens is 396 g/mol. The second-order valence-electron chi connectivity index (χ2n) is 7.65. The molecule has 31 heavy (non-hydrogen) atoms. The molecule has 3 N–H and O–H groups in total. The van der Waals surface area contributed by atoms with Crippen LogP contribution in [-0.4, -0.2) is 53.7 Å². The third-order valence-electron chi connectivity index (χ3n) is 5.46. The fourth-order valence-corrected chi connectivity index (χ4v) is 3.83. The smallest absolute Gasteiger partial charge is 0.317 e. The molecule has 1 aliphatic rings. The van der Waals surface area contributed by atoms with E-state index in [1.807, 2.05) is 36.4 Å². The summed E-state index contributed by atoms with van der Waals surface area (Å²) in [7, 11) is 1.60. The maximum Gasteiger partial charge on any atom is 0.317 e. The number of nitrogens with zero attached hydrogens (tertiary/aromatic N) is 2. The topological polar surface area (TPSA) is 104 Å². The second-order valence-corrected chi connectivity index (χ2v) is 7.65. The Bertz CT molecular complexity index is 875. The molecule has 1 aromatic carbocycles. The van der Waals surface area contributed by atoms with Gasteiger partial charge in [-0.15, -0.1) is 0 Å². The molecule has 2 heterocycles. The average Bonchev–Trinajstić information content (AvgIpc) is 2.95. The highest BCUT2D eigenvalue weighted by molar-refractivity contribution is 5.74. The molecule has 1 unspecified atom stereocenters. The number of methoxy groups -OCH3 is 1. The van der Waals surface area contributed by atoms with Gasteiger partial charge in [-0.3, -0.25) is 4.79 Å². The van der Waals surface area contributed by atoms with Crippen LogP contribution in [0.1, 0.15) is 42.7 Å². The van der Waals surface area contributed by atoms with Crippen LogP contribution in [0.3, 0.4) is 0 Å². The average molecular weight is 427 g/mol. The monoisotopic (exact) mass is 426 g/mol. The van der Waals surface area contributed by atoms with Crippen LogP contribution in [0.25, 0.3) is 0 Å². The van der Waals surface area contributed by atoms with Gasteiger partial charge in [0.2, 0.25) is 0 Å². The molecule has 0 bridgehead atoms. The molecule has 0 saturated carbocycles. The number of aromatic nitrogens is 1. The number of unbranched alkanes of at least 4 members (excludes halogenated alkanes) is 1. The lowest BCUT2D eigenvalue weighted by molar-refractivity contribution is -0.137. The number of carbonyl (C=O) groups excluding carboxylic acids is 1. The van der Waals surface area contributed by atoms with Crippen LogP contribution < -0.4 is 15.4 Å². The van der Waals surface area contributed by atoms with Crippen molar-refractivity contribution >= 4 is 17.8 Å². The first kappa shape index (κ1) is 22.4. The number of carboxylic acid groups (broad SMARTS) is 1. The van der Waals surface area contributed by atoms with Crippen LogP contribution in [0.4, 0.5) is 10.6 Å². The zero-order valence-electron chi connectivity index (χ0n) is 17.8. The molecule has 2 amide bonds. The molecule has 8 heteroatoms. The Morgan fingerprint density at radius 1 is 1.23 bits per heavy atom. The van der Waals surface area contributed by atoms with E-state index in [4.69, 9.17) is 4.74 Å². The Balaban J connectivity index is 1.51. The summed E-state index contributed by atoms with van der Waals surface area (Å²) in [6.07, 6.45) is 4.19. The quantitative estimate of drug-likeness (QED) is 0.531. The maximum atomic E-state index is 12.7. The Hall–Kier alpha value is -3.29. The fraction of sp³-hybridized carbons (Fsp3) is 0.435. The molecule has 1 aliphatic heterocycles. The minimum atomic E-state index is -0.830. The number of hydrogen-bond acceptors (Lipinski definition) is 5. The number of fused-ring (bicyclic) bond motifs is 1. The molecule has 0 saturated heterocycles. The highest BCUT2D eigenvalue weighted by Crippen LogP contribution is 2.33. The normalized spacial score (nSPS) is 15.5. The number of hydrogen-bond donors (Lipinski definition) is 3. The van der Waals surface area contributed by atoms with Crippen LogP contribution in [0.5, 0.6) is 5.75 Å². The van der Waals surface area contributed by atoms with E-state index >= 15 is 0 Å². The third kappa shape index (κ3) is 6.60. The van der Waals surface area contributed by atoms with Gasteiger partial charge in [0.05, 0.1) is 13.5 Å². The predicted molar refractivity (Wildman–Crippen MR) is 118 cm³/mol. The molecule has 0 radical (unpaired) electrons. The van der Waals surface area contributed by atoms with Crippen molar-refractivity contribution in [3.8, 4) is 5.75 Å². The Morgan fingerprint density at radius 3 is 2.81 bits per heavy atom. The van der Waals surface area contributed by atoms with E-state index in [0.717, 1.165) is 36.3 Å². The predicted octanol–water partition coefficient (Wildman–Crippen LogP) is 3.46. The molecule has 2 aromatic rings. The molecule has 1 aromatic heterocycles. The number of anilines is 1. The Morgan fingerprint density at radius 2 is 2.06 bits per heavy atom. The lowest BCUT2D eigenvalue weighted by Gasteiger charge is -2.21. The van der Waals surface area contributed by atoms with Crippen molar-refractivity contribution in [2.75, 3.05) is 32.1 Å². The number of aliphatic carboxylic acids is 1. The standard InChI is InChI=1S/C23H30N4O4/c1-31-19-7-8-20-17(15-22(28)29)9-13-27(16-18(20)14-19)23(30)26-12-5-4-11-25-21-6-2-3-10-24-21/h2-3,6-8,10,14,17H,4-5,9,11-13,15-16H2,1H3,(H,24,25)(H,26,30)(H,28,29). The van der Waals surface area contributed by atoms with Crippen LogP contribution in [0, 0.1) is 0 Å². The Labute approximate surface area is 182 Å². The van der Waals surface area contributed by atoms with Gasteiger partial charge in [0.25, 0.3) is 0 Å². The summed E-state index contributed by atoms with van der Waals surface area (Å²) in [6, 6.07) is 11.3. The summed E-state index contributed by atoms with van der Waals surface area (Å²) in [6.45, 7) is 2.33. The van der Waals surface area contributed by atoms with Crippen LogP contribution in [-0.2, 0) is 11.3 Å². The third-order valence-corrected chi connectivity index (χ3v) is 5.46. The van der Waals surface area contributed by atoms with Gasteiger partial charge >= 0.3 is 12.0 Å². The molecule has 8 nitrogen and oxygen atoms in total. The van der Waals surface area contributed by atoms with E-state index < -0.39 is 5.97 Å². The molecular formula is C23H30N4O4. The molecule has 0 spiro atoms. The molecule has 166 valence electrons. The number of pyridine rings is 1. The van der Waals surface area contributed by atoms with Crippen molar-refractivity contribution in [1.82, 2.24) is 15.2 Å². The molecule has 0 aliphatic carbocycles. The van der Waals surface area contributed by atoms with Gasteiger partial charge in [-0.1, -0.05) is 12.1 Å². The number of rotatable bonds is 9. The van der Waals surface area contributed by atoms with Gasteiger partial charge in [-0.05, 0) is 60.6 Å². The van der Waals surface area contributed by atoms with Gasteiger partial charge in [-0.2, -0.15) is 0 Å². The van der Waals surface area contributed by atoms with Crippen molar-refractivity contribution in [3.63, 3.8) is 0 Å². The van der Waals surface area contributed by atoms with Gasteiger partial charge < -0.3 is 25.4 Å². The Kier molecular flexibility index (Phi) is 8.09. The van der Waals surface area contributed by atoms with E-state index in [1.54, 1.807) is 18.2 Å². The summed E-state index contributed by atoms with van der Waals surface area (Å²) >= 11 is 0. The largest absolute Gasteiger partial charge is 0.497 e. The summed E-state index contributed by atoms with van der Waals surface area (Å²) in [5, 5.41) is 15.5. The first-order valence-electron chi connectivity index (χ1n) is 10.6. The minimum absolute atomic E-state index is 0.0536. The molecule has 3 rings (SSSR count). The van der Waals surface area contributed by atoms with E-state index in [0.29, 0.717) is 31.8 Å². The number of nitrogens with one attached hydrogen (secondary N) is 2. The minimum Gasteiger partial charge on any atom is -0.497 e. The highest BCUT2D eigenvalue weighted by atomic mass is 16.5. The maximum absolute atomic E-state index is 12.7. The van der Waals surface area contributed by atoms with Crippen LogP contribution in [0.2, 0.25) is 0 Å². The number of carbonyl (C=O) groups is 2. The van der Waals surface area contributed by atoms with Gasteiger partial charge in [0.1, 0.15) is 11.6 Å². The van der Waals surface area contributed by atoms with Crippen molar-refractivity contribution in [2.24, 2.45) is 0 Å². The van der Waals surface area contributed by atoms with E-state index in [9.17, 15) is 14.7 Å². The number of ether oxygens (including phenoxy) is 1. The SMILES string of the molecule is COc1ccc2c(c1)CN(C(=O)NCCCCNc1ccccn1)CCC2CC(=O)O. The van der Waals surface area contributed by atoms with E-state index in [2.05, 4.69) is 15.6 Å². The number of benzene rings is 1. The lowest BCUT2D eigenvalue weighted by atomic mass is 9.90. The zero-order valence-corrected chi connectivity index (χ0v) is 17.8. The number of urea groups is 1. The van der Waals surface area contributed by atoms with Crippen molar-refractivity contribution in [1.29, 1.82) is 0 Å². The number of carboxylic acids is 1. The summed E-state index contributed by atoms with van der Waals surface area (Å²) in [5.74, 6) is 0.606. The molecule has 0 fully saturated rings. The van der Waals surface area contributed by atoms with Gasteiger partial charge in [-0.25, -0.2) is 9.78 Å². The van der Waals surface area contributed by atoms with Crippen LogP contribution >= 0.6 is 0 Å². The second kappa shape index (κ2) is 11.2. The zero-order chi connectivity index (χ0) is 22.1. The van der Waals surface area contributed by atoms with E-state index in [1.165, 1.54) is 0 Å². The van der Waals surface area contributed by atoms with Crippen molar-refractivity contribution in [3.05, 3.63) is 53.7 Å². The first-order valence-corrected chi connectivity index (χ1v) is 10.6. The summed E-state index contributed by atoms with van der Waals surface area (Å²) in [4.78, 5) is 30.0. The molecule has 1 atom stereocenters. The van der Waals surface area contributed by atoms with Crippen LogP contribution in [0.15, 0.2) is 42.6 Å². The number of amides is 2. The van der Waals surface area contributed by atoms with Crippen molar-refractivity contribution < 1.29 is 19.4 Å². The first-order chi connectivity index (χ1) is 15.1. The highest BCUT2D eigenvalue weighted by Gasteiger charge is 2.26. The summed E-state index contributed by atoms with van der Waals surface area (Å²) in [5.41, 5.74) is 1.93. The van der Waals surface area contributed by atoms with Gasteiger partial charge in [0.15, 0.2) is 0 Å². The van der Waals surface area contributed by atoms with Crippen molar-refractivity contribution in [2.45, 2.75) is 38.1 Å².